The Morgan fingerprint density at radius 3 is 3.09 bits per heavy atom. The average molecular weight is 315 g/mol. The average Bonchev–Trinajstić information content (AvgIpc) is 3.25. The number of aliphatic hydroxyl groups is 1. The second kappa shape index (κ2) is 5.28. The quantitative estimate of drug-likeness (QED) is 0.644. The van der Waals surface area contributed by atoms with Gasteiger partial charge in [-0.3, -0.25) is 5.10 Å². The van der Waals surface area contributed by atoms with Crippen LogP contribution in [0.5, 0.6) is 0 Å². The lowest BCUT2D eigenvalue weighted by molar-refractivity contribution is 0.00257. The van der Waals surface area contributed by atoms with Gasteiger partial charge in [-0.25, -0.2) is 9.50 Å². The van der Waals surface area contributed by atoms with Crippen molar-refractivity contribution in [3.63, 3.8) is 0 Å². The summed E-state index contributed by atoms with van der Waals surface area (Å²) in [5, 5.41) is 24.1. The van der Waals surface area contributed by atoms with Crippen LogP contribution in [0.1, 0.15) is 25.1 Å². The molecule has 0 unspecified atom stereocenters. The summed E-state index contributed by atoms with van der Waals surface area (Å²) >= 11 is 0. The maximum Gasteiger partial charge on any atom is 0.152 e. The van der Waals surface area contributed by atoms with Gasteiger partial charge in [0.15, 0.2) is 5.82 Å². The third kappa shape index (κ3) is 2.16. The summed E-state index contributed by atoms with van der Waals surface area (Å²) in [6.45, 7) is 2.11. The predicted molar refractivity (Wildman–Crippen MR) is 81.3 cm³/mol. The maximum atomic E-state index is 9.36. The fourth-order valence-corrected chi connectivity index (χ4v) is 3.24. The van der Waals surface area contributed by atoms with Gasteiger partial charge < -0.3 is 15.6 Å². The standard InChI is InChI=1S/C14H17N7O2/c1-7-2-8(5-22)23-13(7)11-3-9(10-4-17-20-19-10)12-14(15)16-6-18-21(11)12/h3-4,6-8,13,22H,2,5H2,1H3,(H2,15,16,18)(H,17,19,20)/t7-,8-,13+/m0/s1. The zero-order valence-corrected chi connectivity index (χ0v) is 12.5. The zero-order valence-electron chi connectivity index (χ0n) is 12.5. The van der Waals surface area contributed by atoms with Crippen molar-refractivity contribution in [3.05, 3.63) is 24.3 Å². The van der Waals surface area contributed by atoms with E-state index < -0.39 is 0 Å². The Morgan fingerprint density at radius 2 is 2.39 bits per heavy atom. The van der Waals surface area contributed by atoms with Crippen LogP contribution < -0.4 is 5.73 Å². The Labute approximate surface area is 131 Å². The molecule has 1 saturated heterocycles. The second-order valence-corrected chi connectivity index (χ2v) is 5.83. The summed E-state index contributed by atoms with van der Waals surface area (Å²) in [6, 6.07) is 1.97. The van der Waals surface area contributed by atoms with Crippen LogP contribution in [0.4, 0.5) is 5.82 Å². The largest absolute Gasteiger partial charge is 0.394 e. The molecule has 4 heterocycles. The number of aliphatic hydroxyl groups excluding tert-OH is 1. The first-order chi connectivity index (χ1) is 11.2. The van der Waals surface area contributed by atoms with Gasteiger partial charge in [-0.2, -0.15) is 5.10 Å². The van der Waals surface area contributed by atoms with E-state index in [-0.39, 0.29) is 24.7 Å². The summed E-state index contributed by atoms with van der Waals surface area (Å²) in [7, 11) is 0. The van der Waals surface area contributed by atoms with E-state index in [1.807, 2.05) is 6.07 Å². The normalized spacial score (nSPS) is 24.5. The zero-order chi connectivity index (χ0) is 16.0. The van der Waals surface area contributed by atoms with Crippen LogP contribution in [0.3, 0.4) is 0 Å². The van der Waals surface area contributed by atoms with Crippen molar-refractivity contribution in [1.82, 2.24) is 30.0 Å². The summed E-state index contributed by atoms with van der Waals surface area (Å²) < 4.78 is 7.72. The Morgan fingerprint density at radius 1 is 1.52 bits per heavy atom. The van der Waals surface area contributed by atoms with E-state index in [1.54, 1.807) is 10.7 Å². The van der Waals surface area contributed by atoms with Crippen LogP contribution in [-0.4, -0.2) is 47.8 Å². The molecule has 0 spiro atoms. The Kier molecular flexibility index (Phi) is 3.24. The van der Waals surface area contributed by atoms with E-state index >= 15 is 0 Å². The van der Waals surface area contributed by atoms with Crippen molar-refractivity contribution >= 4 is 11.3 Å². The first-order valence-corrected chi connectivity index (χ1v) is 7.44. The van der Waals surface area contributed by atoms with Crippen LogP contribution in [0.2, 0.25) is 0 Å². The topological polar surface area (TPSA) is 127 Å². The molecule has 0 saturated carbocycles. The van der Waals surface area contributed by atoms with Gasteiger partial charge in [0.2, 0.25) is 0 Å². The van der Waals surface area contributed by atoms with Gasteiger partial charge in [-0.1, -0.05) is 12.1 Å². The van der Waals surface area contributed by atoms with Crippen molar-refractivity contribution in [2.75, 3.05) is 12.3 Å². The van der Waals surface area contributed by atoms with E-state index in [4.69, 9.17) is 10.5 Å². The monoisotopic (exact) mass is 315 g/mol. The molecule has 0 radical (unpaired) electrons. The Hall–Kier alpha value is -2.52. The summed E-state index contributed by atoms with van der Waals surface area (Å²) in [6.07, 6.45) is 3.52. The lowest BCUT2D eigenvalue weighted by Crippen LogP contribution is -2.12. The number of anilines is 1. The smallest absolute Gasteiger partial charge is 0.152 e. The first kappa shape index (κ1) is 14.1. The minimum atomic E-state index is -0.168. The molecule has 3 atom stereocenters. The fraction of sp³-hybridized carbons (Fsp3) is 0.429. The molecular formula is C14H17N7O2. The molecule has 1 fully saturated rings. The minimum absolute atomic E-state index is 0.0125. The number of nitrogens with two attached hydrogens (primary N) is 1. The molecule has 3 aromatic heterocycles. The van der Waals surface area contributed by atoms with Crippen LogP contribution >= 0.6 is 0 Å². The molecule has 0 aromatic carbocycles. The van der Waals surface area contributed by atoms with E-state index in [0.29, 0.717) is 11.3 Å². The number of ether oxygens (including phenoxy) is 1. The number of rotatable bonds is 3. The van der Waals surface area contributed by atoms with Crippen molar-refractivity contribution in [2.45, 2.75) is 25.6 Å². The molecule has 1 aliphatic rings. The van der Waals surface area contributed by atoms with Crippen LogP contribution in [0, 0.1) is 5.92 Å². The number of fused-ring (bicyclic) bond motifs is 1. The third-order valence-corrected chi connectivity index (χ3v) is 4.30. The van der Waals surface area contributed by atoms with Crippen molar-refractivity contribution in [2.24, 2.45) is 5.92 Å². The molecule has 3 aromatic rings. The SMILES string of the molecule is C[C@H]1C[C@@H](CO)O[C@H]1c1cc(-c2cnn[nH]2)c2c(N)ncnn12. The van der Waals surface area contributed by atoms with E-state index in [2.05, 4.69) is 32.4 Å². The molecule has 120 valence electrons. The lowest BCUT2D eigenvalue weighted by atomic mass is 9.99. The lowest BCUT2D eigenvalue weighted by Gasteiger charge is -2.14. The molecule has 0 bridgehead atoms. The number of hydrogen-bond donors (Lipinski definition) is 3. The maximum absolute atomic E-state index is 9.36. The van der Waals surface area contributed by atoms with Gasteiger partial charge in [0.05, 0.1) is 30.3 Å². The molecule has 1 aliphatic heterocycles. The first-order valence-electron chi connectivity index (χ1n) is 7.44. The Bertz CT molecular complexity index is 829. The molecule has 23 heavy (non-hydrogen) atoms. The second-order valence-electron chi connectivity index (χ2n) is 5.83. The number of nitrogen functional groups attached to an aromatic ring is 1. The molecule has 9 heteroatoms. The number of nitrogens with one attached hydrogen (secondary N) is 1. The Balaban J connectivity index is 1.90. The summed E-state index contributed by atoms with van der Waals surface area (Å²) in [4.78, 5) is 4.08. The van der Waals surface area contributed by atoms with E-state index in [9.17, 15) is 5.11 Å². The molecule has 9 nitrogen and oxygen atoms in total. The number of nitrogens with zero attached hydrogens (tertiary/aromatic N) is 5. The predicted octanol–water partition coefficient (Wildman–Crippen LogP) is 0.555. The highest BCUT2D eigenvalue weighted by atomic mass is 16.5. The number of hydrogen-bond acceptors (Lipinski definition) is 7. The van der Waals surface area contributed by atoms with Gasteiger partial charge in [0.1, 0.15) is 17.9 Å². The highest BCUT2D eigenvalue weighted by Crippen LogP contribution is 2.41. The highest BCUT2D eigenvalue weighted by Gasteiger charge is 2.35. The van der Waals surface area contributed by atoms with Crippen LogP contribution in [0.25, 0.3) is 16.8 Å². The minimum Gasteiger partial charge on any atom is -0.394 e. The van der Waals surface area contributed by atoms with Crippen LogP contribution in [-0.2, 0) is 4.74 Å². The van der Waals surface area contributed by atoms with Gasteiger partial charge in [0.25, 0.3) is 0 Å². The van der Waals surface area contributed by atoms with Gasteiger partial charge in [-0.05, 0) is 18.4 Å². The van der Waals surface area contributed by atoms with E-state index in [0.717, 1.165) is 23.4 Å². The highest BCUT2D eigenvalue weighted by molar-refractivity contribution is 5.86. The third-order valence-electron chi connectivity index (χ3n) is 4.30. The number of aromatic nitrogens is 6. The molecule has 0 aliphatic carbocycles. The van der Waals surface area contributed by atoms with Gasteiger partial charge in [0, 0.05) is 5.56 Å². The number of aromatic amines is 1. The molecule has 4 rings (SSSR count). The van der Waals surface area contributed by atoms with Crippen molar-refractivity contribution in [1.29, 1.82) is 0 Å². The molecule has 0 amide bonds. The van der Waals surface area contributed by atoms with E-state index in [1.165, 1.54) is 6.33 Å². The van der Waals surface area contributed by atoms with Crippen molar-refractivity contribution in [3.8, 4) is 11.3 Å². The summed E-state index contributed by atoms with van der Waals surface area (Å²) in [5.41, 5.74) is 9.19. The fourth-order valence-electron chi connectivity index (χ4n) is 3.24. The van der Waals surface area contributed by atoms with Crippen molar-refractivity contribution < 1.29 is 9.84 Å². The van der Waals surface area contributed by atoms with Gasteiger partial charge >= 0.3 is 0 Å². The molecule has 4 N–H and O–H groups in total. The van der Waals surface area contributed by atoms with Crippen LogP contribution in [0.15, 0.2) is 18.6 Å². The summed E-state index contributed by atoms with van der Waals surface area (Å²) in [5.74, 6) is 0.634. The number of H-pyrrole nitrogens is 1. The molecular weight excluding hydrogens is 298 g/mol. The van der Waals surface area contributed by atoms with Gasteiger partial charge in [-0.15, -0.1) is 5.10 Å².